The van der Waals surface area contributed by atoms with E-state index in [0.717, 1.165) is 17.7 Å². The number of aryl methyl sites for hydroxylation is 1. The molecule has 1 fully saturated rings. The number of rotatable bonds is 8. The van der Waals surface area contributed by atoms with Gasteiger partial charge >= 0.3 is 5.97 Å². The fourth-order valence-corrected chi connectivity index (χ4v) is 3.97. The monoisotopic (exact) mass is 461 g/mol. The molecule has 2 N–H and O–H groups in total. The van der Waals surface area contributed by atoms with Crippen LogP contribution in [0.1, 0.15) is 40.6 Å². The Balaban J connectivity index is 1.73. The summed E-state index contributed by atoms with van der Waals surface area (Å²) in [5, 5.41) is 16.9. The Kier molecular flexibility index (Phi) is 6.78. The number of esters is 1. The number of carbonyl (C=O) groups is 3. The first kappa shape index (κ1) is 23.2. The van der Waals surface area contributed by atoms with Crippen molar-refractivity contribution in [2.45, 2.75) is 39.7 Å². The SMILES string of the molecule is COc1ccc(NC(=O)C(C)OC(=O)c2c(NC(=O)C3CC3)sc(C)c2C)c([N+](=O)[O-])c1. The summed E-state index contributed by atoms with van der Waals surface area (Å²) < 4.78 is 10.3. The summed E-state index contributed by atoms with van der Waals surface area (Å²) in [4.78, 5) is 49.0. The van der Waals surface area contributed by atoms with Crippen molar-refractivity contribution in [3.8, 4) is 5.75 Å². The number of hydrogen-bond donors (Lipinski definition) is 2. The molecule has 0 bridgehead atoms. The van der Waals surface area contributed by atoms with Gasteiger partial charge < -0.3 is 20.1 Å². The number of benzene rings is 1. The summed E-state index contributed by atoms with van der Waals surface area (Å²) in [5.74, 6) is -1.41. The first-order valence-electron chi connectivity index (χ1n) is 9.87. The van der Waals surface area contributed by atoms with Crippen LogP contribution >= 0.6 is 11.3 Å². The molecule has 1 aromatic heterocycles. The van der Waals surface area contributed by atoms with Crippen LogP contribution in [-0.2, 0) is 14.3 Å². The zero-order chi connectivity index (χ0) is 23.6. The molecule has 2 aromatic rings. The van der Waals surface area contributed by atoms with Crippen molar-refractivity contribution < 1.29 is 28.8 Å². The number of amides is 2. The second-order valence-corrected chi connectivity index (χ2v) is 8.65. The van der Waals surface area contributed by atoms with Gasteiger partial charge in [0.1, 0.15) is 16.4 Å². The van der Waals surface area contributed by atoms with E-state index in [9.17, 15) is 24.5 Å². The molecular weight excluding hydrogens is 438 g/mol. The van der Waals surface area contributed by atoms with E-state index in [-0.39, 0.29) is 34.5 Å². The first-order valence-corrected chi connectivity index (χ1v) is 10.7. The first-order chi connectivity index (χ1) is 15.1. The number of nitrogens with one attached hydrogen (secondary N) is 2. The maximum absolute atomic E-state index is 12.8. The van der Waals surface area contributed by atoms with Gasteiger partial charge in [0, 0.05) is 10.8 Å². The second kappa shape index (κ2) is 9.35. The molecule has 32 heavy (non-hydrogen) atoms. The van der Waals surface area contributed by atoms with Crippen molar-refractivity contribution in [2.75, 3.05) is 17.7 Å². The lowest BCUT2D eigenvalue weighted by molar-refractivity contribution is -0.384. The molecule has 1 aromatic carbocycles. The second-order valence-electron chi connectivity index (χ2n) is 7.43. The van der Waals surface area contributed by atoms with Crippen molar-refractivity contribution in [3.05, 3.63) is 44.3 Å². The number of hydrogen-bond acceptors (Lipinski definition) is 8. The summed E-state index contributed by atoms with van der Waals surface area (Å²) in [6.45, 7) is 4.92. The number of thiophene rings is 1. The van der Waals surface area contributed by atoms with Crippen molar-refractivity contribution in [3.63, 3.8) is 0 Å². The highest BCUT2D eigenvalue weighted by atomic mass is 32.1. The number of ether oxygens (including phenoxy) is 2. The van der Waals surface area contributed by atoms with E-state index >= 15 is 0 Å². The van der Waals surface area contributed by atoms with Crippen LogP contribution in [0.3, 0.4) is 0 Å². The van der Waals surface area contributed by atoms with Gasteiger partial charge in [-0.25, -0.2) is 4.79 Å². The fraction of sp³-hybridized carbons (Fsp3) is 0.381. The van der Waals surface area contributed by atoms with Gasteiger partial charge in [0.25, 0.3) is 11.6 Å². The van der Waals surface area contributed by atoms with E-state index < -0.39 is 22.9 Å². The van der Waals surface area contributed by atoms with E-state index in [2.05, 4.69) is 10.6 Å². The minimum Gasteiger partial charge on any atom is -0.496 e. The molecule has 1 aliphatic rings. The van der Waals surface area contributed by atoms with Crippen molar-refractivity contribution in [1.82, 2.24) is 0 Å². The summed E-state index contributed by atoms with van der Waals surface area (Å²) in [7, 11) is 1.37. The Hall–Kier alpha value is -3.47. The third-order valence-electron chi connectivity index (χ3n) is 5.09. The molecule has 1 atom stereocenters. The van der Waals surface area contributed by atoms with E-state index in [1.807, 2.05) is 6.92 Å². The molecule has 0 saturated heterocycles. The van der Waals surface area contributed by atoms with Gasteiger partial charge in [-0.05, 0) is 51.3 Å². The molecule has 0 spiro atoms. The smallest absolute Gasteiger partial charge is 0.342 e. The lowest BCUT2D eigenvalue weighted by atomic mass is 10.1. The zero-order valence-electron chi connectivity index (χ0n) is 18.0. The minimum absolute atomic E-state index is 0.0356. The Morgan fingerprint density at radius 2 is 1.91 bits per heavy atom. The van der Waals surface area contributed by atoms with E-state index in [1.165, 1.54) is 43.6 Å². The summed E-state index contributed by atoms with van der Waals surface area (Å²) in [6, 6.07) is 3.98. The van der Waals surface area contributed by atoms with E-state index in [4.69, 9.17) is 9.47 Å². The number of methoxy groups -OCH3 is 1. The highest BCUT2D eigenvalue weighted by Crippen LogP contribution is 2.36. The topological polar surface area (TPSA) is 137 Å². The summed E-state index contributed by atoms with van der Waals surface area (Å²) in [6.07, 6.45) is 0.406. The van der Waals surface area contributed by atoms with Gasteiger partial charge in [-0.1, -0.05) is 0 Å². The normalized spacial score (nSPS) is 13.8. The van der Waals surface area contributed by atoms with Crippen LogP contribution in [0.25, 0.3) is 0 Å². The fourth-order valence-electron chi connectivity index (χ4n) is 2.92. The lowest BCUT2D eigenvalue weighted by Gasteiger charge is -2.15. The Labute approximate surface area is 188 Å². The minimum atomic E-state index is -1.24. The third-order valence-corrected chi connectivity index (χ3v) is 6.21. The Morgan fingerprint density at radius 1 is 1.22 bits per heavy atom. The average molecular weight is 461 g/mol. The molecule has 0 aliphatic heterocycles. The Bertz CT molecular complexity index is 1090. The summed E-state index contributed by atoms with van der Waals surface area (Å²) in [5.41, 5.74) is 0.454. The van der Waals surface area contributed by atoms with Crippen LogP contribution < -0.4 is 15.4 Å². The molecular formula is C21H23N3O7S. The number of carbonyl (C=O) groups excluding carboxylic acids is 3. The van der Waals surface area contributed by atoms with Crippen LogP contribution in [0.15, 0.2) is 18.2 Å². The number of nitro groups is 1. The van der Waals surface area contributed by atoms with Gasteiger partial charge in [0.2, 0.25) is 5.91 Å². The maximum atomic E-state index is 12.8. The molecule has 0 radical (unpaired) electrons. The molecule has 11 heteroatoms. The van der Waals surface area contributed by atoms with Crippen LogP contribution in [0.2, 0.25) is 0 Å². The highest BCUT2D eigenvalue weighted by Gasteiger charge is 2.32. The van der Waals surface area contributed by atoms with Crippen LogP contribution in [0.4, 0.5) is 16.4 Å². The number of anilines is 2. The largest absolute Gasteiger partial charge is 0.496 e. The van der Waals surface area contributed by atoms with Crippen LogP contribution in [0.5, 0.6) is 5.75 Å². The van der Waals surface area contributed by atoms with Gasteiger partial charge in [-0.2, -0.15) is 0 Å². The van der Waals surface area contributed by atoms with Crippen molar-refractivity contribution >= 4 is 45.5 Å². The van der Waals surface area contributed by atoms with E-state index in [1.54, 1.807) is 6.92 Å². The molecule has 10 nitrogen and oxygen atoms in total. The molecule has 2 amide bonds. The van der Waals surface area contributed by atoms with Crippen molar-refractivity contribution in [1.29, 1.82) is 0 Å². The van der Waals surface area contributed by atoms with Gasteiger partial charge in [-0.15, -0.1) is 11.3 Å². The quantitative estimate of drug-likeness (QED) is 0.346. The maximum Gasteiger partial charge on any atom is 0.342 e. The lowest BCUT2D eigenvalue weighted by Crippen LogP contribution is -2.30. The number of nitrogens with zero attached hydrogens (tertiary/aromatic N) is 1. The van der Waals surface area contributed by atoms with Gasteiger partial charge in [0.05, 0.1) is 23.7 Å². The molecule has 1 unspecified atom stereocenters. The van der Waals surface area contributed by atoms with Crippen LogP contribution in [-0.4, -0.2) is 35.9 Å². The Morgan fingerprint density at radius 3 is 2.50 bits per heavy atom. The van der Waals surface area contributed by atoms with Gasteiger partial charge in [0.15, 0.2) is 6.10 Å². The molecule has 1 aliphatic carbocycles. The highest BCUT2D eigenvalue weighted by molar-refractivity contribution is 7.16. The average Bonchev–Trinajstić information content (AvgIpc) is 3.55. The third kappa shape index (κ3) is 5.05. The molecule has 1 saturated carbocycles. The number of nitro benzene ring substituents is 1. The van der Waals surface area contributed by atoms with Crippen molar-refractivity contribution in [2.24, 2.45) is 5.92 Å². The molecule has 1 heterocycles. The van der Waals surface area contributed by atoms with Crippen LogP contribution in [0, 0.1) is 29.9 Å². The van der Waals surface area contributed by atoms with Gasteiger partial charge in [-0.3, -0.25) is 19.7 Å². The van der Waals surface area contributed by atoms with E-state index in [0.29, 0.717) is 10.6 Å². The molecule has 170 valence electrons. The predicted molar refractivity (Wildman–Crippen MR) is 118 cm³/mol. The predicted octanol–water partition coefficient (Wildman–Crippen LogP) is 3.81. The standard InChI is InChI=1S/C21H23N3O7S/c1-10-12(3)32-20(23-19(26)13-5-6-13)17(10)21(27)31-11(2)18(25)22-15-8-7-14(30-4)9-16(15)24(28)29/h7-9,11,13H,5-6H2,1-4H3,(H,22,25)(H,23,26). The summed E-state index contributed by atoms with van der Waals surface area (Å²) >= 11 is 1.27. The zero-order valence-corrected chi connectivity index (χ0v) is 18.8. The molecule has 3 rings (SSSR count).